The molecular weight excluding hydrogens is 434 g/mol. The molecule has 0 fully saturated rings. The lowest BCUT2D eigenvalue weighted by molar-refractivity contribution is -0.140. The third-order valence-electron chi connectivity index (χ3n) is 6.37. The zero-order valence-corrected chi connectivity index (χ0v) is 19.3. The Balaban J connectivity index is 1.54. The van der Waals surface area contributed by atoms with Crippen LogP contribution in [0, 0.1) is 5.92 Å². The van der Waals surface area contributed by atoms with Gasteiger partial charge in [-0.25, -0.2) is 4.79 Å². The van der Waals surface area contributed by atoms with Crippen molar-refractivity contribution in [2.24, 2.45) is 5.92 Å². The molecular formula is C26H29N3O5. The van der Waals surface area contributed by atoms with Gasteiger partial charge in [0.2, 0.25) is 11.8 Å². The summed E-state index contributed by atoms with van der Waals surface area (Å²) >= 11 is 0. The maximum absolute atomic E-state index is 13.5. The Morgan fingerprint density at radius 2 is 1.76 bits per heavy atom. The molecule has 3 amide bonds. The molecule has 3 N–H and O–H groups in total. The molecule has 0 spiro atoms. The summed E-state index contributed by atoms with van der Waals surface area (Å²) in [6.07, 6.45) is 1.53. The second-order valence-electron chi connectivity index (χ2n) is 9.31. The minimum atomic E-state index is -1.07. The van der Waals surface area contributed by atoms with Gasteiger partial charge in [0.1, 0.15) is 18.1 Å². The lowest BCUT2D eigenvalue weighted by atomic mass is 10.00. The van der Waals surface area contributed by atoms with Gasteiger partial charge in [-0.05, 0) is 48.4 Å². The number of aryl methyl sites for hydroxylation is 1. The maximum Gasteiger partial charge on any atom is 0.327 e. The summed E-state index contributed by atoms with van der Waals surface area (Å²) in [5.74, 6) is -2.19. The van der Waals surface area contributed by atoms with Gasteiger partial charge in [0.15, 0.2) is 0 Å². The van der Waals surface area contributed by atoms with Crippen molar-refractivity contribution in [3.05, 3.63) is 65.2 Å². The standard InChI is InChI=1S/C26H29N3O5/c1-15(2)13-20(28-23(30)17-7-4-3-5-8-17)24(31)27-19-12-11-16-9-6-10-18-14-21(26(33)34)29(22(16)18)25(19)32/h3-10,15,19-21H,11-14H2,1-2H3,(H,27,31)(H,28,30)(H,33,34)/t19-,20-,21-/m0/s1. The molecule has 0 bridgehead atoms. The van der Waals surface area contributed by atoms with Crippen LogP contribution in [0.25, 0.3) is 0 Å². The van der Waals surface area contributed by atoms with E-state index in [9.17, 15) is 24.3 Å². The largest absolute Gasteiger partial charge is 0.480 e. The smallest absolute Gasteiger partial charge is 0.327 e. The molecule has 178 valence electrons. The van der Waals surface area contributed by atoms with Crippen LogP contribution in [-0.4, -0.2) is 46.9 Å². The van der Waals surface area contributed by atoms with Gasteiger partial charge in [0, 0.05) is 12.0 Å². The number of hydrogen-bond acceptors (Lipinski definition) is 4. The van der Waals surface area contributed by atoms with Crippen LogP contribution in [0.1, 0.15) is 48.2 Å². The molecule has 2 aromatic rings. The van der Waals surface area contributed by atoms with E-state index < -0.39 is 35.9 Å². The molecule has 0 aliphatic carbocycles. The van der Waals surface area contributed by atoms with E-state index in [1.54, 1.807) is 30.3 Å². The molecule has 0 radical (unpaired) electrons. The number of nitrogens with zero attached hydrogens (tertiary/aromatic N) is 1. The number of anilines is 1. The average molecular weight is 464 g/mol. The van der Waals surface area contributed by atoms with Crippen LogP contribution < -0.4 is 15.5 Å². The van der Waals surface area contributed by atoms with Gasteiger partial charge >= 0.3 is 5.97 Å². The fraction of sp³-hybridized carbons (Fsp3) is 0.385. The second kappa shape index (κ2) is 9.67. The number of benzene rings is 2. The number of aliphatic carboxylic acids is 1. The van der Waals surface area contributed by atoms with Gasteiger partial charge in [-0.3, -0.25) is 19.3 Å². The molecule has 34 heavy (non-hydrogen) atoms. The third-order valence-corrected chi connectivity index (χ3v) is 6.37. The zero-order chi connectivity index (χ0) is 24.4. The Hall–Kier alpha value is -3.68. The summed E-state index contributed by atoms with van der Waals surface area (Å²) in [5, 5.41) is 15.4. The minimum Gasteiger partial charge on any atom is -0.480 e. The van der Waals surface area contributed by atoms with E-state index >= 15 is 0 Å². The van der Waals surface area contributed by atoms with Gasteiger partial charge in [-0.1, -0.05) is 50.2 Å². The highest BCUT2D eigenvalue weighted by Gasteiger charge is 2.44. The Morgan fingerprint density at radius 3 is 2.44 bits per heavy atom. The summed E-state index contributed by atoms with van der Waals surface area (Å²) in [6, 6.07) is 11.6. The lowest BCUT2D eigenvalue weighted by Gasteiger charge is -2.28. The molecule has 8 nitrogen and oxygen atoms in total. The normalized spacial score (nSPS) is 19.9. The summed E-state index contributed by atoms with van der Waals surface area (Å²) in [5.41, 5.74) is 2.84. The zero-order valence-electron chi connectivity index (χ0n) is 19.3. The van der Waals surface area contributed by atoms with Gasteiger partial charge in [-0.2, -0.15) is 0 Å². The molecule has 2 aromatic carbocycles. The first-order chi connectivity index (χ1) is 16.3. The van der Waals surface area contributed by atoms with Crippen molar-refractivity contribution in [3.63, 3.8) is 0 Å². The van der Waals surface area contributed by atoms with Crippen LogP contribution in [0.15, 0.2) is 48.5 Å². The van der Waals surface area contributed by atoms with Gasteiger partial charge < -0.3 is 15.7 Å². The Bertz CT molecular complexity index is 1110. The van der Waals surface area contributed by atoms with Crippen LogP contribution in [0.3, 0.4) is 0 Å². The molecule has 0 aromatic heterocycles. The number of carboxylic acids is 1. The SMILES string of the molecule is CC(C)C[C@H](NC(=O)c1ccccc1)C(=O)N[C@H]1CCc2cccc3c2N(C1=O)[C@H](C(=O)O)C3. The van der Waals surface area contributed by atoms with Crippen molar-refractivity contribution in [3.8, 4) is 0 Å². The molecule has 0 unspecified atom stereocenters. The predicted octanol–water partition coefficient (Wildman–Crippen LogP) is 2.30. The van der Waals surface area contributed by atoms with Crippen molar-refractivity contribution >= 4 is 29.4 Å². The Kier molecular flexibility index (Phi) is 6.68. The molecule has 0 saturated heterocycles. The van der Waals surface area contributed by atoms with Crippen molar-refractivity contribution in [1.29, 1.82) is 0 Å². The van der Waals surface area contributed by atoms with Crippen LogP contribution in [0.5, 0.6) is 0 Å². The summed E-state index contributed by atoms with van der Waals surface area (Å²) in [7, 11) is 0. The molecule has 2 aliphatic rings. The number of carboxylic acid groups (broad SMARTS) is 1. The monoisotopic (exact) mass is 463 g/mol. The number of nitrogens with one attached hydrogen (secondary N) is 2. The third kappa shape index (κ3) is 4.66. The highest BCUT2D eigenvalue weighted by molar-refractivity contribution is 6.07. The second-order valence-corrected chi connectivity index (χ2v) is 9.31. The van der Waals surface area contributed by atoms with Crippen molar-refractivity contribution in [2.75, 3.05) is 4.90 Å². The first-order valence-electron chi connectivity index (χ1n) is 11.6. The van der Waals surface area contributed by atoms with Gasteiger partial charge in [0.25, 0.3) is 5.91 Å². The topological polar surface area (TPSA) is 116 Å². The van der Waals surface area contributed by atoms with E-state index in [0.29, 0.717) is 30.5 Å². The van der Waals surface area contributed by atoms with E-state index in [1.807, 2.05) is 32.0 Å². The highest BCUT2D eigenvalue weighted by atomic mass is 16.4. The molecule has 0 saturated carbocycles. The number of para-hydroxylation sites is 1. The van der Waals surface area contributed by atoms with E-state index in [-0.39, 0.29) is 18.2 Å². The number of rotatable bonds is 7. The first kappa shape index (κ1) is 23.5. The predicted molar refractivity (Wildman–Crippen MR) is 126 cm³/mol. The molecule has 8 heteroatoms. The number of carbonyl (C=O) groups is 4. The summed E-state index contributed by atoms with van der Waals surface area (Å²) in [6.45, 7) is 3.90. The van der Waals surface area contributed by atoms with E-state index in [4.69, 9.17) is 0 Å². The van der Waals surface area contributed by atoms with Crippen LogP contribution >= 0.6 is 0 Å². The first-order valence-corrected chi connectivity index (χ1v) is 11.6. The van der Waals surface area contributed by atoms with Gasteiger partial charge in [0.05, 0.1) is 5.69 Å². The fourth-order valence-electron chi connectivity index (χ4n) is 4.77. The quantitative estimate of drug-likeness (QED) is 0.583. The minimum absolute atomic E-state index is 0.124. The number of hydrogen-bond donors (Lipinski definition) is 3. The Morgan fingerprint density at radius 1 is 1.06 bits per heavy atom. The number of amides is 3. The summed E-state index contributed by atoms with van der Waals surface area (Å²) in [4.78, 5) is 52.7. The number of carbonyl (C=O) groups excluding carboxylic acids is 3. The Labute approximate surface area is 198 Å². The van der Waals surface area contributed by atoms with E-state index in [0.717, 1.165) is 11.1 Å². The van der Waals surface area contributed by atoms with Gasteiger partial charge in [-0.15, -0.1) is 0 Å². The van der Waals surface area contributed by atoms with Crippen molar-refractivity contribution < 1.29 is 24.3 Å². The van der Waals surface area contributed by atoms with Crippen molar-refractivity contribution in [2.45, 2.75) is 57.7 Å². The molecule has 3 atom stereocenters. The van der Waals surface area contributed by atoms with Crippen LogP contribution in [0.4, 0.5) is 5.69 Å². The average Bonchev–Trinajstić information content (AvgIpc) is 3.15. The summed E-state index contributed by atoms with van der Waals surface area (Å²) < 4.78 is 0. The molecule has 2 aliphatic heterocycles. The van der Waals surface area contributed by atoms with Crippen molar-refractivity contribution in [1.82, 2.24) is 10.6 Å². The van der Waals surface area contributed by atoms with E-state index in [1.165, 1.54) is 4.90 Å². The van der Waals surface area contributed by atoms with Crippen LogP contribution in [-0.2, 0) is 27.2 Å². The molecule has 2 heterocycles. The van der Waals surface area contributed by atoms with Crippen LogP contribution in [0.2, 0.25) is 0 Å². The fourth-order valence-corrected chi connectivity index (χ4v) is 4.77. The lowest BCUT2D eigenvalue weighted by Crippen LogP contribution is -2.56. The highest BCUT2D eigenvalue weighted by Crippen LogP contribution is 2.39. The maximum atomic E-state index is 13.5. The van der Waals surface area contributed by atoms with E-state index in [2.05, 4.69) is 10.6 Å². The molecule has 4 rings (SSSR count).